The van der Waals surface area contributed by atoms with Crippen LogP contribution < -0.4 is 15.2 Å². The van der Waals surface area contributed by atoms with Gasteiger partial charge in [0.1, 0.15) is 5.82 Å². The summed E-state index contributed by atoms with van der Waals surface area (Å²) in [5.74, 6) is 2.20. The van der Waals surface area contributed by atoms with Crippen LogP contribution in [0.5, 0.6) is 11.5 Å². The zero-order valence-corrected chi connectivity index (χ0v) is 16.2. The normalized spacial score (nSPS) is 11.8. The molecule has 0 unspecified atom stereocenters. The van der Waals surface area contributed by atoms with Crippen LogP contribution in [-0.4, -0.2) is 23.8 Å². The molecule has 0 aliphatic heterocycles. The van der Waals surface area contributed by atoms with Gasteiger partial charge in [0.05, 0.1) is 31.8 Å². The summed E-state index contributed by atoms with van der Waals surface area (Å²) in [5, 5.41) is 0. The molecule has 0 aliphatic carbocycles. The van der Waals surface area contributed by atoms with Crippen molar-refractivity contribution in [3.05, 3.63) is 53.3 Å². The molecule has 0 spiro atoms. The van der Waals surface area contributed by atoms with Gasteiger partial charge in [-0.2, -0.15) is 0 Å². The maximum Gasteiger partial charge on any atom is 0.163 e. The number of ether oxygens (including phenoxy) is 2. The molecule has 5 heteroatoms. The minimum absolute atomic E-state index is 0.145. The van der Waals surface area contributed by atoms with Crippen LogP contribution in [0.15, 0.2) is 36.4 Å². The van der Waals surface area contributed by atoms with Crippen LogP contribution in [0.2, 0.25) is 0 Å². The highest BCUT2D eigenvalue weighted by Gasteiger charge is 2.16. The number of fused-ring (bicyclic) bond motifs is 1. The molecule has 3 aromatic rings. The Hall–Kier alpha value is -2.53. The van der Waals surface area contributed by atoms with Crippen LogP contribution in [0.1, 0.15) is 37.7 Å². The SMILES string of the molecule is COc1cc2nc(CN)n(Cc3ccc(C(C)(C)C)cc3)c2cc1OC. The molecule has 138 valence electrons. The summed E-state index contributed by atoms with van der Waals surface area (Å²) in [6.45, 7) is 7.75. The second-order valence-electron chi connectivity index (χ2n) is 7.46. The van der Waals surface area contributed by atoms with E-state index in [9.17, 15) is 0 Å². The topological polar surface area (TPSA) is 62.3 Å². The lowest BCUT2D eigenvalue weighted by atomic mass is 9.87. The third-order valence-corrected chi connectivity index (χ3v) is 4.68. The smallest absolute Gasteiger partial charge is 0.163 e. The van der Waals surface area contributed by atoms with Crippen molar-refractivity contribution >= 4 is 11.0 Å². The maximum absolute atomic E-state index is 5.94. The number of rotatable bonds is 5. The molecule has 1 heterocycles. The van der Waals surface area contributed by atoms with Crippen molar-refractivity contribution in [1.82, 2.24) is 9.55 Å². The molecule has 2 aromatic carbocycles. The first kappa shape index (κ1) is 18.3. The van der Waals surface area contributed by atoms with Gasteiger partial charge in [-0.3, -0.25) is 0 Å². The van der Waals surface area contributed by atoms with Crippen molar-refractivity contribution in [2.75, 3.05) is 14.2 Å². The second kappa shape index (κ2) is 7.00. The number of aromatic nitrogens is 2. The Bertz CT molecular complexity index is 906. The zero-order chi connectivity index (χ0) is 18.9. The highest BCUT2D eigenvalue weighted by Crippen LogP contribution is 2.33. The summed E-state index contributed by atoms with van der Waals surface area (Å²) in [6.07, 6.45) is 0. The van der Waals surface area contributed by atoms with Gasteiger partial charge < -0.3 is 19.8 Å². The molecule has 0 fully saturated rings. The predicted molar refractivity (Wildman–Crippen MR) is 105 cm³/mol. The molecular formula is C21H27N3O2. The Morgan fingerprint density at radius 2 is 1.62 bits per heavy atom. The van der Waals surface area contributed by atoms with Crippen molar-refractivity contribution in [3.63, 3.8) is 0 Å². The molecular weight excluding hydrogens is 326 g/mol. The number of imidazole rings is 1. The Labute approximate surface area is 154 Å². The van der Waals surface area contributed by atoms with Crippen molar-refractivity contribution in [2.45, 2.75) is 39.3 Å². The van der Waals surface area contributed by atoms with Gasteiger partial charge in [-0.15, -0.1) is 0 Å². The monoisotopic (exact) mass is 353 g/mol. The summed E-state index contributed by atoms with van der Waals surface area (Å²) < 4.78 is 13.0. The lowest BCUT2D eigenvalue weighted by Crippen LogP contribution is -2.12. The van der Waals surface area contributed by atoms with E-state index >= 15 is 0 Å². The molecule has 5 nitrogen and oxygen atoms in total. The summed E-state index contributed by atoms with van der Waals surface area (Å²) in [7, 11) is 3.26. The van der Waals surface area contributed by atoms with Gasteiger partial charge in [0.15, 0.2) is 11.5 Å². The largest absolute Gasteiger partial charge is 0.493 e. The molecule has 0 radical (unpaired) electrons. The molecule has 0 saturated carbocycles. The fraction of sp³-hybridized carbons (Fsp3) is 0.381. The van der Waals surface area contributed by atoms with Gasteiger partial charge in [-0.1, -0.05) is 45.0 Å². The lowest BCUT2D eigenvalue weighted by Gasteiger charge is -2.19. The molecule has 0 aliphatic rings. The van der Waals surface area contributed by atoms with Crippen LogP contribution in [0, 0.1) is 0 Å². The quantitative estimate of drug-likeness (QED) is 0.756. The summed E-state index contributed by atoms with van der Waals surface area (Å²) in [5.41, 5.74) is 10.5. The van der Waals surface area contributed by atoms with Crippen molar-refractivity contribution in [1.29, 1.82) is 0 Å². The van der Waals surface area contributed by atoms with Gasteiger partial charge >= 0.3 is 0 Å². The predicted octanol–water partition coefficient (Wildman–Crippen LogP) is 3.86. The van der Waals surface area contributed by atoms with E-state index in [4.69, 9.17) is 15.2 Å². The lowest BCUT2D eigenvalue weighted by molar-refractivity contribution is 0.355. The first-order chi connectivity index (χ1) is 12.4. The van der Waals surface area contributed by atoms with Gasteiger partial charge in [-0.05, 0) is 16.5 Å². The number of nitrogens with two attached hydrogens (primary N) is 1. The Morgan fingerprint density at radius 3 is 2.15 bits per heavy atom. The third-order valence-electron chi connectivity index (χ3n) is 4.68. The first-order valence-corrected chi connectivity index (χ1v) is 8.78. The molecule has 26 heavy (non-hydrogen) atoms. The Balaban J connectivity index is 2.03. The fourth-order valence-electron chi connectivity index (χ4n) is 3.13. The van der Waals surface area contributed by atoms with Crippen molar-refractivity contribution < 1.29 is 9.47 Å². The van der Waals surface area contributed by atoms with E-state index in [0.29, 0.717) is 24.6 Å². The summed E-state index contributed by atoms with van der Waals surface area (Å²) >= 11 is 0. The van der Waals surface area contributed by atoms with Crippen LogP contribution in [-0.2, 0) is 18.5 Å². The third kappa shape index (κ3) is 3.40. The van der Waals surface area contributed by atoms with Gasteiger partial charge in [-0.25, -0.2) is 4.98 Å². The van der Waals surface area contributed by atoms with E-state index in [1.807, 2.05) is 12.1 Å². The minimum atomic E-state index is 0.145. The Morgan fingerprint density at radius 1 is 1.00 bits per heavy atom. The van der Waals surface area contributed by atoms with Crippen LogP contribution in [0.3, 0.4) is 0 Å². The second-order valence-corrected chi connectivity index (χ2v) is 7.46. The van der Waals surface area contributed by atoms with E-state index < -0.39 is 0 Å². The van der Waals surface area contributed by atoms with Crippen LogP contribution in [0.4, 0.5) is 0 Å². The van der Waals surface area contributed by atoms with Crippen molar-refractivity contribution in [3.8, 4) is 11.5 Å². The maximum atomic E-state index is 5.94. The van der Waals surface area contributed by atoms with Crippen LogP contribution >= 0.6 is 0 Å². The minimum Gasteiger partial charge on any atom is -0.493 e. The average Bonchev–Trinajstić information content (AvgIpc) is 2.96. The highest BCUT2D eigenvalue weighted by atomic mass is 16.5. The zero-order valence-electron chi connectivity index (χ0n) is 16.2. The number of nitrogens with zero attached hydrogens (tertiary/aromatic N) is 2. The molecule has 0 saturated heterocycles. The number of benzene rings is 2. The van der Waals surface area contributed by atoms with E-state index in [1.165, 1.54) is 11.1 Å². The van der Waals surface area contributed by atoms with Gasteiger partial charge in [0, 0.05) is 18.7 Å². The fourth-order valence-corrected chi connectivity index (χ4v) is 3.13. The van der Waals surface area contributed by atoms with Gasteiger partial charge in [0.2, 0.25) is 0 Å². The summed E-state index contributed by atoms with van der Waals surface area (Å²) in [6, 6.07) is 12.6. The standard InChI is InChI=1S/C21H27N3O2/c1-21(2,3)15-8-6-14(7-9-15)13-24-17-11-19(26-5)18(25-4)10-16(17)23-20(24)12-22/h6-11H,12-13,22H2,1-5H3. The van der Waals surface area contributed by atoms with Gasteiger partial charge in [0.25, 0.3) is 0 Å². The van der Waals surface area contributed by atoms with E-state index in [1.54, 1.807) is 14.2 Å². The van der Waals surface area contributed by atoms with Crippen molar-refractivity contribution in [2.24, 2.45) is 5.73 Å². The number of methoxy groups -OCH3 is 2. The van der Waals surface area contributed by atoms with E-state index in [-0.39, 0.29) is 5.41 Å². The molecule has 3 rings (SSSR count). The molecule has 0 bridgehead atoms. The van der Waals surface area contributed by atoms with E-state index in [2.05, 4.69) is 54.6 Å². The number of hydrogen-bond donors (Lipinski definition) is 1. The average molecular weight is 353 g/mol. The van der Waals surface area contributed by atoms with Crippen LogP contribution in [0.25, 0.3) is 11.0 Å². The Kier molecular flexibility index (Phi) is 4.92. The first-order valence-electron chi connectivity index (χ1n) is 8.78. The highest BCUT2D eigenvalue weighted by molar-refractivity contribution is 5.80. The summed E-state index contributed by atoms with van der Waals surface area (Å²) in [4.78, 5) is 4.67. The van der Waals surface area contributed by atoms with E-state index in [0.717, 1.165) is 16.9 Å². The molecule has 0 atom stereocenters. The molecule has 1 aromatic heterocycles. The number of hydrogen-bond acceptors (Lipinski definition) is 4. The molecule has 0 amide bonds. The molecule has 2 N–H and O–H groups in total.